The van der Waals surface area contributed by atoms with Crippen molar-refractivity contribution in [3.8, 4) is 0 Å². The summed E-state index contributed by atoms with van der Waals surface area (Å²) in [4.78, 5) is 60.8. The summed E-state index contributed by atoms with van der Waals surface area (Å²) in [6.07, 6.45) is 0.713. The number of rotatable bonds is 10. The summed E-state index contributed by atoms with van der Waals surface area (Å²) in [6, 6.07) is 7.60. The minimum atomic E-state index is -4.53. The van der Waals surface area contributed by atoms with Gasteiger partial charge in [0, 0.05) is 35.8 Å². The van der Waals surface area contributed by atoms with Crippen LogP contribution in [-0.2, 0) is 36.5 Å². The predicted octanol–water partition coefficient (Wildman–Crippen LogP) is 3.42. The number of aromatic nitrogens is 1. The van der Waals surface area contributed by atoms with Crippen LogP contribution in [0.25, 0.3) is 10.9 Å². The van der Waals surface area contributed by atoms with E-state index < -0.39 is 44.2 Å². The molecule has 1 aromatic heterocycles. The summed E-state index contributed by atoms with van der Waals surface area (Å²) in [7, 11) is -4.53. The zero-order valence-electron chi connectivity index (χ0n) is 21.7. The van der Waals surface area contributed by atoms with Crippen LogP contribution in [0.3, 0.4) is 0 Å². The molecule has 1 fully saturated rings. The lowest BCUT2D eigenvalue weighted by Gasteiger charge is -2.24. The molecule has 1 saturated heterocycles. The molecule has 4 rings (SSSR count). The second-order valence-electron chi connectivity index (χ2n) is 9.28. The predicted molar refractivity (Wildman–Crippen MR) is 144 cm³/mol. The Morgan fingerprint density at radius 2 is 1.98 bits per heavy atom. The lowest BCUT2D eigenvalue weighted by atomic mass is 10.1. The number of carbonyl (C=O) groups is 4. The number of nitrogens with one attached hydrogen (secondary N) is 1. The van der Waals surface area contributed by atoms with Crippen molar-refractivity contribution in [1.29, 1.82) is 0 Å². The van der Waals surface area contributed by atoms with Gasteiger partial charge in [-0.25, -0.2) is 9.18 Å². The van der Waals surface area contributed by atoms with Gasteiger partial charge in [0.05, 0.1) is 15.8 Å². The van der Waals surface area contributed by atoms with Gasteiger partial charge in [0.15, 0.2) is 5.78 Å². The number of carboxylic acid groups (broad SMARTS) is 1. The zero-order chi connectivity index (χ0) is 29.9. The van der Waals surface area contributed by atoms with Crippen molar-refractivity contribution in [2.45, 2.75) is 38.9 Å². The van der Waals surface area contributed by atoms with Crippen LogP contribution in [-0.4, -0.2) is 62.6 Å². The number of hydrogen-bond donors (Lipinski definition) is 3. The fourth-order valence-corrected chi connectivity index (χ4v) is 5.74. The summed E-state index contributed by atoms with van der Waals surface area (Å²) in [5.41, 5.74) is 0.740. The van der Waals surface area contributed by atoms with Gasteiger partial charge in [0.2, 0.25) is 18.6 Å². The maximum absolute atomic E-state index is 14.2. The van der Waals surface area contributed by atoms with Crippen molar-refractivity contribution in [1.82, 2.24) is 14.8 Å². The van der Waals surface area contributed by atoms with Crippen LogP contribution in [0.2, 0.25) is 5.02 Å². The molecule has 1 unspecified atom stereocenters. The Labute approximate surface area is 238 Å². The Morgan fingerprint density at radius 3 is 2.68 bits per heavy atom. The summed E-state index contributed by atoms with van der Waals surface area (Å²) in [5, 5.41) is 11.3. The van der Waals surface area contributed by atoms with Crippen LogP contribution in [0, 0.1) is 5.82 Å². The number of nitrogens with zero attached hydrogens (tertiary/aromatic N) is 2. The number of ether oxygens (including phenoxy) is 1. The van der Waals surface area contributed by atoms with E-state index in [1.165, 1.54) is 52.9 Å². The number of amides is 2. The Morgan fingerprint density at radius 1 is 1.22 bits per heavy atom. The fourth-order valence-electron chi connectivity index (χ4n) is 4.65. The highest BCUT2D eigenvalue weighted by Crippen LogP contribution is 2.41. The maximum atomic E-state index is 14.2. The standard InChI is InChI=1S/C26H26ClFN3O9P/c1-15(32)19-12-30(22-10-17(7-8-18(19)22)41(37,38)40-14-39-26(35)36)13-23(33)31-9-3-6-21(31)25(34)29-11-16-4-2-5-20(27)24(16)28/h2,4-5,7-8,10,12,21H,3,6,9,11,13-14H2,1H3,(H,29,34)(H,35,36)(H,37,38)/t21-/m0/s1. The monoisotopic (exact) mass is 609 g/mol. The number of halogens is 2. The average molecular weight is 610 g/mol. The quantitative estimate of drug-likeness (QED) is 0.135. The molecule has 3 N–H and O–H groups in total. The van der Waals surface area contributed by atoms with Crippen molar-refractivity contribution in [3.63, 3.8) is 0 Å². The first kappa shape index (κ1) is 30.2. The summed E-state index contributed by atoms with van der Waals surface area (Å²) in [6.45, 7) is 0.245. The van der Waals surface area contributed by atoms with Gasteiger partial charge in [-0.1, -0.05) is 29.8 Å². The number of likely N-dealkylation sites (tertiary alicyclic amines) is 1. The van der Waals surface area contributed by atoms with E-state index in [1.54, 1.807) is 6.07 Å². The number of ketones is 1. The molecule has 218 valence electrons. The molecule has 15 heteroatoms. The van der Waals surface area contributed by atoms with Gasteiger partial charge < -0.3 is 29.5 Å². The first-order valence-electron chi connectivity index (χ1n) is 12.4. The average Bonchev–Trinajstić information content (AvgIpc) is 3.54. The number of Topliss-reactive ketones (excluding diaryl/α,β-unsaturated/α-hetero) is 1. The van der Waals surface area contributed by atoms with Crippen molar-refractivity contribution >= 4 is 59.2 Å². The first-order valence-corrected chi connectivity index (χ1v) is 14.3. The topological polar surface area (TPSA) is 164 Å². The van der Waals surface area contributed by atoms with E-state index in [9.17, 15) is 33.0 Å². The number of fused-ring (bicyclic) bond motifs is 1. The van der Waals surface area contributed by atoms with Gasteiger partial charge in [-0.2, -0.15) is 0 Å². The molecule has 0 aliphatic carbocycles. The highest BCUT2D eigenvalue weighted by molar-refractivity contribution is 7.61. The van der Waals surface area contributed by atoms with Gasteiger partial charge in [-0.3, -0.25) is 23.5 Å². The summed E-state index contributed by atoms with van der Waals surface area (Å²) >= 11 is 5.80. The lowest BCUT2D eigenvalue weighted by Crippen LogP contribution is -2.46. The first-order chi connectivity index (χ1) is 19.4. The van der Waals surface area contributed by atoms with E-state index in [2.05, 4.69) is 10.1 Å². The molecular weight excluding hydrogens is 584 g/mol. The van der Waals surface area contributed by atoms with Crippen LogP contribution in [0.15, 0.2) is 42.6 Å². The van der Waals surface area contributed by atoms with E-state index in [0.717, 1.165) is 0 Å². The fraction of sp³-hybridized carbons (Fsp3) is 0.308. The van der Waals surface area contributed by atoms with Gasteiger partial charge >= 0.3 is 13.8 Å². The number of benzene rings is 2. The summed E-state index contributed by atoms with van der Waals surface area (Å²) in [5.74, 6) is -1.84. The largest absolute Gasteiger partial charge is 0.507 e. The number of hydrogen-bond acceptors (Lipinski definition) is 7. The molecule has 2 atom stereocenters. The van der Waals surface area contributed by atoms with E-state index >= 15 is 0 Å². The lowest BCUT2D eigenvalue weighted by molar-refractivity contribution is -0.138. The van der Waals surface area contributed by atoms with Crippen molar-refractivity contribution in [2.75, 3.05) is 13.3 Å². The second-order valence-corrected chi connectivity index (χ2v) is 11.5. The molecule has 41 heavy (non-hydrogen) atoms. The van der Waals surface area contributed by atoms with Gasteiger partial charge in [0.1, 0.15) is 18.4 Å². The molecule has 2 aromatic carbocycles. The molecule has 0 saturated carbocycles. The number of carbonyl (C=O) groups excluding carboxylic acids is 3. The molecule has 1 aliphatic heterocycles. The molecule has 0 radical (unpaired) electrons. The third-order valence-corrected chi connectivity index (χ3v) is 8.33. The highest BCUT2D eigenvalue weighted by Gasteiger charge is 2.34. The maximum Gasteiger partial charge on any atom is 0.507 e. The molecule has 3 aromatic rings. The zero-order valence-corrected chi connectivity index (χ0v) is 23.4. The van der Waals surface area contributed by atoms with E-state index in [0.29, 0.717) is 24.8 Å². The molecule has 2 amide bonds. The minimum absolute atomic E-state index is 0.0702. The van der Waals surface area contributed by atoms with Crippen molar-refractivity contribution in [3.05, 3.63) is 64.6 Å². The minimum Gasteiger partial charge on any atom is -0.450 e. The third-order valence-electron chi connectivity index (χ3n) is 6.65. The van der Waals surface area contributed by atoms with Gasteiger partial charge in [-0.15, -0.1) is 0 Å². The smallest absolute Gasteiger partial charge is 0.450 e. The molecule has 0 bridgehead atoms. The molecular formula is C26H26ClFN3O9P. The van der Waals surface area contributed by atoms with Crippen LogP contribution >= 0.6 is 19.2 Å². The van der Waals surface area contributed by atoms with Crippen LogP contribution < -0.4 is 10.6 Å². The Balaban J connectivity index is 1.54. The SMILES string of the molecule is CC(=O)c1cn(CC(=O)N2CCC[C@H]2C(=O)NCc2cccc(Cl)c2F)c2cc(P(=O)(O)OCOC(=O)O)ccc12. The molecule has 12 nitrogen and oxygen atoms in total. The van der Waals surface area contributed by atoms with Gasteiger partial charge in [0.25, 0.3) is 0 Å². The Kier molecular flexibility index (Phi) is 9.13. The Bertz CT molecular complexity index is 1580. The van der Waals surface area contributed by atoms with Crippen molar-refractivity contribution in [2.24, 2.45) is 0 Å². The summed E-state index contributed by atoms with van der Waals surface area (Å²) < 4.78 is 37.2. The molecule has 2 heterocycles. The normalized spacial score (nSPS) is 16.4. The van der Waals surface area contributed by atoms with E-state index in [1.807, 2.05) is 0 Å². The van der Waals surface area contributed by atoms with Crippen molar-refractivity contribution < 1.29 is 47.4 Å². The van der Waals surface area contributed by atoms with Crippen LogP contribution in [0.1, 0.15) is 35.7 Å². The van der Waals surface area contributed by atoms with E-state index in [-0.39, 0.29) is 45.8 Å². The third kappa shape index (κ3) is 6.76. The highest BCUT2D eigenvalue weighted by atomic mass is 35.5. The molecule has 0 spiro atoms. The second kappa shape index (κ2) is 12.4. The van der Waals surface area contributed by atoms with Crippen LogP contribution in [0.4, 0.5) is 9.18 Å². The molecule has 1 aliphatic rings. The van der Waals surface area contributed by atoms with Gasteiger partial charge in [-0.05, 0) is 38.0 Å². The van der Waals surface area contributed by atoms with E-state index in [4.69, 9.17) is 21.2 Å². The Hall–Kier alpha value is -3.77. The van der Waals surface area contributed by atoms with Crippen LogP contribution in [0.5, 0.6) is 0 Å².